The minimum absolute atomic E-state index is 0.0387. The van der Waals surface area contributed by atoms with E-state index in [-0.39, 0.29) is 17.4 Å². The van der Waals surface area contributed by atoms with Crippen LogP contribution in [0.2, 0.25) is 0 Å². The summed E-state index contributed by atoms with van der Waals surface area (Å²) in [6, 6.07) is 1.51. The van der Waals surface area contributed by atoms with Crippen molar-refractivity contribution < 1.29 is 14.1 Å². The van der Waals surface area contributed by atoms with Gasteiger partial charge in [-0.3, -0.25) is 4.79 Å². The average Bonchev–Trinajstić information content (AvgIpc) is 2.96. The number of aldehydes is 1. The number of hydrogen-bond donors (Lipinski definition) is 0. The van der Waals surface area contributed by atoms with Crippen LogP contribution in [0.25, 0.3) is 0 Å². The zero-order valence-corrected chi connectivity index (χ0v) is 12.5. The molecule has 2 rings (SSSR count). The van der Waals surface area contributed by atoms with Gasteiger partial charge in [-0.15, -0.1) is 0 Å². The minimum atomic E-state index is -0.413. The van der Waals surface area contributed by atoms with Crippen LogP contribution in [0.3, 0.4) is 0 Å². The number of likely N-dealkylation sites (tertiary alicyclic amines) is 1. The van der Waals surface area contributed by atoms with Crippen LogP contribution in [-0.4, -0.2) is 34.8 Å². The van der Waals surface area contributed by atoms with Gasteiger partial charge in [0.15, 0.2) is 0 Å². The van der Waals surface area contributed by atoms with Crippen molar-refractivity contribution in [1.82, 2.24) is 10.1 Å². The lowest BCUT2D eigenvalue weighted by atomic mass is 9.78. The molecule has 0 aromatic carbocycles. The second-order valence-electron chi connectivity index (χ2n) is 6.55. The van der Waals surface area contributed by atoms with Crippen molar-refractivity contribution in [2.75, 3.05) is 6.54 Å². The number of hydrogen-bond acceptors (Lipinski definition) is 4. The van der Waals surface area contributed by atoms with Crippen LogP contribution in [0.4, 0.5) is 0 Å². The zero-order valence-electron chi connectivity index (χ0n) is 12.5. The molecular weight excluding hydrogens is 256 g/mol. The highest BCUT2D eigenvalue weighted by atomic mass is 16.5. The van der Waals surface area contributed by atoms with Crippen LogP contribution in [0.5, 0.6) is 0 Å². The van der Waals surface area contributed by atoms with Gasteiger partial charge < -0.3 is 14.2 Å². The Balaban J connectivity index is 2.32. The molecule has 2 atom stereocenters. The Labute approximate surface area is 119 Å². The van der Waals surface area contributed by atoms with E-state index in [1.807, 2.05) is 27.7 Å². The Bertz CT molecular complexity index is 501. The van der Waals surface area contributed by atoms with Gasteiger partial charge >= 0.3 is 0 Å². The number of rotatable bonds is 3. The lowest BCUT2D eigenvalue weighted by Crippen LogP contribution is -2.43. The molecule has 5 nitrogen and oxygen atoms in total. The van der Waals surface area contributed by atoms with E-state index in [0.29, 0.717) is 12.3 Å². The summed E-state index contributed by atoms with van der Waals surface area (Å²) in [6.07, 6.45) is 2.50. The summed E-state index contributed by atoms with van der Waals surface area (Å²) < 4.78 is 5.32. The minimum Gasteiger partial charge on any atom is -0.360 e. The van der Waals surface area contributed by atoms with Gasteiger partial charge in [-0.05, 0) is 25.2 Å². The predicted molar refractivity (Wildman–Crippen MR) is 74.2 cm³/mol. The van der Waals surface area contributed by atoms with Crippen molar-refractivity contribution in [1.29, 1.82) is 0 Å². The molecule has 0 bridgehead atoms. The van der Waals surface area contributed by atoms with Crippen LogP contribution in [0.15, 0.2) is 10.6 Å². The van der Waals surface area contributed by atoms with E-state index in [1.165, 1.54) is 0 Å². The molecule has 1 aliphatic rings. The topological polar surface area (TPSA) is 63.4 Å². The lowest BCUT2D eigenvalue weighted by molar-refractivity contribution is -0.138. The predicted octanol–water partition coefficient (Wildman–Crippen LogP) is 2.30. The van der Waals surface area contributed by atoms with Crippen molar-refractivity contribution in [2.24, 2.45) is 5.41 Å². The maximum atomic E-state index is 12.9. The van der Waals surface area contributed by atoms with Gasteiger partial charge in [-0.1, -0.05) is 25.9 Å². The fraction of sp³-hybridized carbons (Fsp3) is 0.667. The average molecular weight is 278 g/mol. The summed E-state index contributed by atoms with van der Waals surface area (Å²) in [5.74, 6) is 0.129. The zero-order chi connectivity index (χ0) is 14.9. The molecule has 0 saturated carbocycles. The van der Waals surface area contributed by atoms with Crippen molar-refractivity contribution in [2.45, 2.75) is 52.5 Å². The molecule has 0 spiro atoms. The quantitative estimate of drug-likeness (QED) is 0.796. The third kappa shape index (κ3) is 2.76. The molecular formula is C15H22N2O3. The molecule has 1 aromatic rings. The standard InChI is InChI=1S/C15H22N2O3/c1-10-8-12(20-16-10)13(15(2,3)4)14(19)17-7-5-6-11(17)9-18/h8-9,11,13H,5-7H2,1-4H3. The second kappa shape index (κ2) is 5.38. The van der Waals surface area contributed by atoms with Crippen LogP contribution >= 0.6 is 0 Å². The van der Waals surface area contributed by atoms with Crippen molar-refractivity contribution in [3.8, 4) is 0 Å². The second-order valence-corrected chi connectivity index (χ2v) is 6.55. The van der Waals surface area contributed by atoms with E-state index in [1.54, 1.807) is 11.0 Å². The maximum Gasteiger partial charge on any atom is 0.234 e. The Hall–Kier alpha value is -1.65. The lowest BCUT2D eigenvalue weighted by Gasteiger charge is -2.32. The molecule has 1 aromatic heterocycles. The first-order valence-corrected chi connectivity index (χ1v) is 7.03. The SMILES string of the molecule is Cc1cc(C(C(=O)N2CCCC2C=O)C(C)(C)C)on1. The van der Waals surface area contributed by atoms with E-state index in [4.69, 9.17) is 4.52 Å². The van der Waals surface area contributed by atoms with E-state index in [9.17, 15) is 9.59 Å². The number of carbonyl (C=O) groups excluding carboxylic acids is 2. The molecule has 0 N–H and O–H groups in total. The van der Waals surface area contributed by atoms with E-state index < -0.39 is 5.92 Å². The molecule has 0 radical (unpaired) electrons. The molecule has 2 heterocycles. The molecule has 1 saturated heterocycles. The largest absolute Gasteiger partial charge is 0.360 e. The Morgan fingerprint density at radius 1 is 1.55 bits per heavy atom. The number of nitrogens with zero attached hydrogens (tertiary/aromatic N) is 2. The van der Waals surface area contributed by atoms with Gasteiger partial charge in [0.25, 0.3) is 0 Å². The smallest absolute Gasteiger partial charge is 0.234 e. The summed E-state index contributed by atoms with van der Waals surface area (Å²) in [5.41, 5.74) is 0.467. The normalized spacial score (nSPS) is 21.0. The van der Waals surface area contributed by atoms with Gasteiger partial charge in [-0.2, -0.15) is 0 Å². The molecule has 0 aliphatic carbocycles. The fourth-order valence-corrected chi connectivity index (χ4v) is 2.81. The van der Waals surface area contributed by atoms with Gasteiger partial charge in [-0.25, -0.2) is 0 Å². The third-order valence-corrected chi connectivity index (χ3v) is 3.78. The Morgan fingerprint density at radius 3 is 2.75 bits per heavy atom. The van der Waals surface area contributed by atoms with Crippen molar-refractivity contribution in [3.05, 3.63) is 17.5 Å². The van der Waals surface area contributed by atoms with Crippen LogP contribution < -0.4 is 0 Å². The highest BCUT2D eigenvalue weighted by Crippen LogP contribution is 2.38. The molecule has 1 amide bonds. The molecule has 20 heavy (non-hydrogen) atoms. The number of amides is 1. The molecule has 1 aliphatic heterocycles. The van der Waals surface area contributed by atoms with Gasteiger partial charge in [0.05, 0.1) is 11.7 Å². The Morgan fingerprint density at radius 2 is 2.25 bits per heavy atom. The molecule has 5 heteroatoms. The summed E-state index contributed by atoms with van der Waals surface area (Å²) in [6.45, 7) is 8.47. The summed E-state index contributed by atoms with van der Waals surface area (Å²) >= 11 is 0. The number of carbonyl (C=O) groups is 2. The molecule has 2 unspecified atom stereocenters. The first-order chi connectivity index (χ1) is 9.34. The highest BCUT2D eigenvalue weighted by molar-refractivity contribution is 5.86. The fourth-order valence-electron chi connectivity index (χ4n) is 2.81. The monoisotopic (exact) mass is 278 g/mol. The van der Waals surface area contributed by atoms with Gasteiger partial charge in [0.2, 0.25) is 5.91 Å². The van der Waals surface area contributed by atoms with Crippen molar-refractivity contribution >= 4 is 12.2 Å². The maximum absolute atomic E-state index is 12.9. The van der Waals surface area contributed by atoms with Crippen LogP contribution in [0.1, 0.15) is 51.0 Å². The number of aryl methyl sites for hydroxylation is 1. The van der Waals surface area contributed by atoms with E-state index in [0.717, 1.165) is 24.8 Å². The summed E-state index contributed by atoms with van der Waals surface area (Å²) in [5, 5.41) is 3.88. The highest BCUT2D eigenvalue weighted by Gasteiger charge is 2.41. The van der Waals surface area contributed by atoms with Crippen molar-refractivity contribution in [3.63, 3.8) is 0 Å². The Kier molecular flexibility index (Phi) is 3.97. The first-order valence-electron chi connectivity index (χ1n) is 7.03. The summed E-state index contributed by atoms with van der Waals surface area (Å²) in [7, 11) is 0. The first kappa shape index (κ1) is 14.8. The van der Waals surface area contributed by atoms with Crippen LogP contribution in [0, 0.1) is 12.3 Å². The van der Waals surface area contributed by atoms with E-state index >= 15 is 0 Å². The third-order valence-electron chi connectivity index (χ3n) is 3.78. The molecule has 110 valence electrons. The number of aromatic nitrogens is 1. The summed E-state index contributed by atoms with van der Waals surface area (Å²) in [4.78, 5) is 25.6. The van der Waals surface area contributed by atoms with E-state index in [2.05, 4.69) is 5.16 Å². The van der Waals surface area contributed by atoms with Gasteiger partial charge in [0, 0.05) is 12.6 Å². The van der Waals surface area contributed by atoms with Crippen LogP contribution in [-0.2, 0) is 9.59 Å². The van der Waals surface area contributed by atoms with Gasteiger partial charge in [0.1, 0.15) is 18.0 Å². The molecule has 1 fully saturated rings.